The topological polar surface area (TPSA) is 95.9 Å². The number of nitrogens with one attached hydrogen (secondary N) is 1. The van der Waals surface area contributed by atoms with Gasteiger partial charge in [-0.15, -0.1) is 0 Å². The largest absolute Gasteiger partial charge is 0.466 e. The fraction of sp³-hybridized carbons (Fsp3) is 0.829. The van der Waals surface area contributed by atoms with Gasteiger partial charge in [0.15, 0.2) is 0 Å². The molecule has 0 aliphatic rings. The molecule has 0 radical (unpaired) electrons. The molecule has 0 aliphatic carbocycles. The molecule has 0 heterocycles. The number of aliphatic hydroxyl groups is 2. The van der Waals surface area contributed by atoms with Crippen LogP contribution >= 0.6 is 0 Å². The molecule has 0 saturated carbocycles. The Morgan fingerprint density at radius 1 is 0.368 bits per heavy atom. The van der Waals surface area contributed by atoms with Crippen LogP contribution in [0.2, 0.25) is 0 Å². The van der Waals surface area contributed by atoms with E-state index >= 15 is 0 Å². The number of unbranched alkanes of at least 4 members (excludes halogenated alkanes) is 43. The number of carbonyl (C=O) groups is 2. The molecule has 0 aromatic carbocycles. The van der Waals surface area contributed by atoms with Gasteiger partial charge < -0.3 is 20.3 Å². The minimum Gasteiger partial charge on any atom is -0.466 e. The Balaban J connectivity index is 3.39. The van der Waals surface area contributed by atoms with E-state index in [1.807, 2.05) is 6.08 Å². The van der Waals surface area contributed by atoms with Crippen molar-refractivity contribution < 1.29 is 24.5 Å². The maximum atomic E-state index is 12.4. The highest BCUT2D eigenvalue weighted by Crippen LogP contribution is 2.17. The van der Waals surface area contributed by atoms with Gasteiger partial charge in [-0.25, -0.2) is 0 Å². The molecule has 2 unspecified atom stereocenters. The first-order valence-corrected chi connectivity index (χ1v) is 33.6. The summed E-state index contributed by atoms with van der Waals surface area (Å²) in [4.78, 5) is 24.5. The van der Waals surface area contributed by atoms with Crippen LogP contribution in [0.5, 0.6) is 0 Å². The monoisotopic (exact) mass is 1060 g/mol. The molecule has 6 nitrogen and oxygen atoms in total. The summed E-state index contributed by atoms with van der Waals surface area (Å²) < 4.78 is 5.47. The number of allylic oxidation sites excluding steroid dienone is 9. The van der Waals surface area contributed by atoms with Crippen LogP contribution in [0.3, 0.4) is 0 Å². The molecule has 0 aliphatic heterocycles. The van der Waals surface area contributed by atoms with E-state index in [0.29, 0.717) is 19.4 Å². The first kappa shape index (κ1) is 73.6. The fourth-order valence-corrected chi connectivity index (χ4v) is 10.1. The van der Waals surface area contributed by atoms with Crippen molar-refractivity contribution in [3.8, 4) is 0 Å². The van der Waals surface area contributed by atoms with Crippen LogP contribution < -0.4 is 5.32 Å². The molecule has 3 N–H and O–H groups in total. The summed E-state index contributed by atoms with van der Waals surface area (Å²) in [5.41, 5.74) is 0. The number of aliphatic hydroxyl groups excluding tert-OH is 2. The lowest BCUT2D eigenvalue weighted by molar-refractivity contribution is -0.143. The standard InChI is InChI=1S/C70H129NO5/c1-3-5-7-9-11-13-15-17-40-44-48-52-56-60-64-70(75)76-65-61-57-53-49-45-41-38-36-34-32-30-28-26-24-22-20-18-19-21-23-25-27-29-31-33-35-37-39-43-47-51-55-59-63-69(74)71-67(66-72)68(73)62-58-54-50-46-42-16-14-12-10-8-6-4-2/h9,11,15,17,22,24,28,30,58,62,67-68,72-73H,3-8,10,12-14,16,18-21,23,25-27,29,31-57,59-61,63-66H2,1-2H3,(H,71,74)/b11-9-,17-15-,24-22-,30-28-,62-58+. The third-order valence-corrected chi connectivity index (χ3v) is 15.3. The van der Waals surface area contributed by atoms with Gasteiger partial charge in [0, 0.05) is 12.8 Å². The lowest BCUT2D eigenvalue weighted by Crippen LogP contribution is -2.45. The number of ether oxygens (including phenoxy) is 1. The number of esters is 1. The lowest BCUT2D eigenvalue weighted by Gasteiger charge is -2.20. The zero-order chi connectivity index (χ0) is 55.0. The zero-order valence-corrected chi connectivity index (χ0v) is 50.7. The molecule has 76 heavy (non-hydrogen) atoms. The number of hydrogen-bond donors (Lipinski definition) is 3. The van der Waals surface area contributed by atoms with Crippen LogP contribution in [-0.4, -0.2) is 47.4 Å². The minimum atomic E-state index is -0.843. The average molecular weight is 1060 g/mol. The molecule has 0 rings (SSSR count). The quantitative estimate of drug-likeness (QED) is 0.0320. The first-order valence-electron chi connectivity index (χ1n) is 33.6. The van der Waals surface area contributed by atoms with Gasteiger partial charge in [0.25, 0.3) is 0 Å². The summed E-state index contributed by atoms with van der Waals surface area (Å²) in [5.74, 6) is -0.0677. The van der Waals surface area contributed by atoms with Gasteiger partial charge in [0.1, 0.15) is 0 Å². The fourth-order valence-electron chi connectivity index (χ4n) is 10.1. The van der Waals surface area contributed by atoms with Crippen molar-refractivity contribution in [1.29, 1.82) is 0 Å². The van der Waals surface area contributed by atoms with Crippen LogP contribution in [-0.2, 0) is 14.3 Å². The van der Waals surface area contributed by atoms with Gasteiger partial charge in [-0.3, -0.25) is 9.59 Å². The van der Waals surface area contributed by atoms with Crippen molar-refractivity contribution in [3.05, 3.63) is 60.8 Å². The van der Waals surface area contributed by atoms with Crippen molar-refractivity contribution >= 4 is 11.9 Å². The highest BCUT2D eigenvalue weighted by Gasteiger charge is 2.18. The van der Waals surface area contributed by atoms with Crippen LogP contribution in [0.15, 0.2) is 60.8 Å². The summed E-state index contributed by atoms with van der Waals surface area (Å²) in [6.45, 7) is 4.86. The summed E-state index contributed by atoms with van der Waals surface area (Å²) >= 11 is 0. The number of rotatable bonds is 62. The zero-order valence-electron chi connectivity index (χ0n) is 50.7. The van der Waals surface area contributed by atoms with Crippen LogP contribution in [0.1, 0.15) is 348 Å². The van der Waals surface area contributed by atoms with E-state index in [0.717, 1.165) is 57.8 Å². The van der Waals surface area contributed by atoms with Gasteiger partial charge in [0.2, 0.25) is 5.91 Å². The molecule has 0 aromatic rings. The molecule has 6 heteroatoms. The van der Waals surface area contributed by atoms with E-state index in [-0.39, 0.29) is 18.5 Å². The van der Waals surface area contributed by atoms with Crippen LogP contribution in [0.25, 0.3) is 0 Å². The predicted octanol–water partition coefficient (Wildman–Crippen LogP) is 21.5. The summed E-state index contributed by atoms with van der Waals surface area (Å²) in [5, 5.41) is 23.1. The Kier molecular flexibility index (Phi) is 63.0. The smallest absolute Gasteiger partial charge is 0.305 e. The van der Waals surface area contributed by atoms with Gasteiger partial charge in [-0.2, -0.15) is 0 Å². The van der Waals surface area contributed by atoms with Crippen molar-refractivity contribution in [2.75, 3.05) is 13.2 Å². The Bertz CT molecular complexity index is 1320. The SMILES string of the molecule is CCCC/C=C\C/C=C\CCCCCCCC(=O)OCCCCCCCCCCC/C=C\C/C=C\CCCCCCCCCCCCCCCCCCCC(=O)NC(CO)C(O)/C=C/CCCCCCCCCCCC. The van der Waals surface area contributed by atoms with Gasteiger partial charge in [-0.05, 0) is 89.9 Å². The van der Waals surface area contributed by atoms with E-state index < -0.39 is 12.1 Å². The van der Waals surface area contributed by atoms with Crippen molar-refractivity contribution in [1.82, 2.24) is 5.32 Å². The molecule has 0 bridgehead atoms. The Hall–Kier alpha value is -2.44. The van der Waals surface area contributed by atoms with E-state index in [4.69, 9.17) is 4.74 Å². The Labute approximate surface area is 473 Å². The van der Waals surface area contributed by atoms with E-state index in [9.17, 15) is 19.8 Å². The molecule has 2 atom stereocenters. The molecule has 1 amide bonds. The summed E-state index contributed by atoms with van der Waals surface area (Å²) in [7, 11) is 0. The Morgan fingerprint density at radius 2 is 0.671 bits per heavy atom. The lowest BCUT2D eigenvalue weighted by atomic mass is 10.0. The van der Waals surface area contributed by atoms with E-state index in [1.165, 1.54) is 263 Å². The molecule has 0 fully saturated rings. The highest BCUT2D eigenvalue weighted by atomic mass is 16.5. The minimum absolute atomic E-state index is 0.00120. The van der Waals surface area contributed by atoms with Crippen LogP contribution in [0, 0.1) is 0 Å². The van der Waals surface area contributed by atoms with Gasteiger partial charge in [0.05, 0.1) is 25.4 Å². The van der Waals surface area contributed by atoms with E-state index in [1.54, 1.807) is 6.08 Å². The summed E-state index contributed by atoms with van der Waals surface area (Å²) in [6.07, 6.45) is 85.8. The highest BCUT2D eigenvalue weighted by molar-refractivity contribution is 5.76. The second-order valence-corrected chi connectivity index (χ2v) is 22.8. The van der Waals surface area contributed by atoms with E-state index in [2.05, 4.69) is 67.8 Å². The Morgan fingerprint density at radius 3 is 1.04 bits per heavy atom. The first-order chi connectivity index (χ1) is 37.5. The van der Waals surface area contributed by atoms with Crippen molar-refractivity contribution in [3.63, 3.8) is 0 Å². The second kappa shape index (κ2) is 65.1. The van der Waals surface area contributed by atoms with Crippen molar-refractivity contribution in [2.24, 2.45) is 0 Å². The normalized spacial score (nSPS) is 12.9. The molecular weight excluding hydrogens is 935 g/mol. The molecule has 0 aromatic heterocycles. The maximum Gasteiger partial charge on any atom is 0.305 e. The second-order valence-electron chi connectivity index (χ2n) is 22.8. The average Bonchev–Trinajstić information content (AvgIpc) is 3.42. The molecular formula is C70H129NO5. The third kappa shape index (κ3) is 60.8. The molecule has 0 saturated heterocycles. The van der Waals surface area contributed by atoms with Crippen LogP contribution in [0.4, 0.5) is 0 Å². The third-order valence-electron chi connectivity index (χ3n) is 15.3. The number of hydrogen-bond acceptors (Lipinski definition) is 5. The predicted molar refractivity (Wildman–Crippen MR) is 333 cm³/mol. The maximum absolute atomic E-state index is 12.4. The van der Waals surface area contributed by atoms with Crippen molar-refractivity contribution in [2.45, 2.75) is 360 Å². The number of amides is 1. The van der Waals surface area contributed by atoms with Gasteiger partial charge in [-0.1, -0.05) is 306 Å². The summed E-state index contributed by atoms with van der Waals surface area (Å²) in [6, 6.07) is -0.626. The molecule has 0 spiro atoms. The molecule has 444 valence electrons. The van der Waals surface area contributed by atoms with Gasteiger partial charge >= 0.3 is 5.97 Å². The number of carbonyl (C=O) groups excluding carboxylic acids is 2.